The molecule has 1 aliphatic carbocycles. The minimum Gasteiger partial charge on any atom is -0.375 e. The zero-order valence-electron chi connectivity index (χ0n) is 13.1. The lowest BCUT2D eigenvalue weighted by Crippen LogP contribution is -2.46. The van der Waals surface area contributed by atoms with Crippen LogP contribution in [0.3, 0.4) is 0 Å². The molecule has 0 saturated heterocycles. The van der Waals surface area contributed by atoms with E-state index in [2.05, 4.69) is 39.9 Å². The van der Waals surface area contributed by atoms with E-state index in [1.807, 2.05) is 0 Å². The molecule has 0 amide bonds. The van der Waals surface area contributed by atoms with Gasteiger partial charge in [0.15, 0.2) is 0 Å². The van der Waals surface area contributed by atoms with Gasteiger partial charge in [-0.25, -0.2) is 0 Å². The van der Waals surface area contributed by atoms with Gasteiger partial charge in [-0.15, -0.1) is 0 Å². The fourth-order valence-electron chi connectivity index (χ4n) is 2.52. The number of rotatable bonds is 8. The van der Waals surface area contributed by atoms with Crippen molar-refractivity contribution in [2.75, 3.05) is 13.2 Å². The molecule has 2 nitrogen and oxygen atoms in total. The molecule has 2 heteroatoms. The second-order valence-electron chi connectivity index (χ2n) is 6.96. The summed E-state index contributed by atoms with van der Waals surface area (Å²) in [6.45, 7) is 13.3. The molecular formula is C16H33NO. The molecule has 0 aliphatic heterocycles. The van der Waals surface area contributed by atoms with Crippen LogP contribution in [0.15, 0.2) is 0 Å². The molecule has 0 aromatic carbocycles. The maximum atomic E-state index is 6.28. The first kappa shape index (κ1) is 16.0. The fourth-order valence-corrected chi connectivity index (χ4v) is 2.52. The lowest BCUT2D eigenvalue weighted by atomic mass is 9.77. The normalized spacial score (nSPS) is 19.0. The van der Waals surface area contributed by atoms with Gasteiger partial charge in [0.05, 0.1) is 12.2 Å². The lowest BCUT2D eigenvalue weighted by Gasteiger charge is -2.43. The monoisotopic (exact) mass is 255 g/mol. The largest absolute Gasteiger partial charge is 0.375 e. The molecule has 1 N–H and O–H groups in total. The van der Waals surface area contributed by atoms with Gasteiger partial charge in [-0.05, 0) is 58.9 Å². The fraction of sp³-hybridized carbons (Fsp3) is 1.00. The highest BCUT2D eigenvalue weighted by Gasteiger charge is 2.37. The van der Waals surface area contributed by atoms with E-state index in [9.17, 15) is 0 Å². The summed E-state index contributed by atoms with van der Waals surface area (Å²) in [4.78, 5) is 0. The summed E-state index contributed by atoms with van der Waals surface area (Å²) >= 11 is 0. The van der Waals surface area contributed by atoms with Crippen LogP contribution in [0.4, 0.5) is 0 Å². The Balaban J connectivity index is 2.29. The summed E-state index contributed by atoms with van der Waals surface area (Å²) in [7, 11) is 0. The van der Waals surface area contributed by atoms with Crippen LogP contribution < -0.4 is 5.32 Å². The van der Waals surface area contributed by atoms with Crippen molar-refractivity contribution in [2.24, 2.45) is 5.92 Å². The topological polar surface area (TPSA) is 21.3 Å². The van der Waals surface area contributed by atoms with E-state index < -0.39 is 0 Å². The van der Waals surface area contributed by atoms with Gasteiger partial charge in [-0.3, -0.25) is 0 Å². The van der Waals surface area contributed by atoms with Gasteiger partial charge >= 0.3 is 0 Å². The average Bonchev–Trinajstić information content (AvgIpc) is 2.24. The van der Waals surface area contributed by atoms with Gasteiger partial charge < -0.3 is 10.1 Å². The van der Waals surface area contributed by atoms with Crippen LogP contribution in [0, 0.1) is 5.92 Å². The second-order valence-corrected chi connectivity index (χ2v) is 6.96. The number of ether oxygens (including phenoxy) is 1. The van der Waals surface area contributed by atoms with Gasteiger partial charge in [0.1, 0.15) is 0 Å². The van der Waals surface area contributed by atoms with E-state index in [4.69, 9.17) is 4.74 Å². The van der Waals surface area contributed by atoms with Gasteiger partial charge in [0.2, 0.25) is 0 Å². The Labute approximate surface area is 114 Å². The van der Waals surface area contributed by atoms with Crippen molar-refractivity contribution >= 4 is 0 Å². The van der Waals surface area contributed by atoms with Crippen molar-refractivity contribution < 1.29 is 4.74 Å². The molecule has 18 heavy (non-hydrogen) atoms. The molecule has 1 aliphatic rings. The molecule has 0 atom stereocenters. The van der Waals surface area contributed by atoms with E-state index in [1.54, 1.807) is 0 Å². The molecule has 0 aromatic rings. The molecule has 0 spiro atoms. The Morgan fingerprint density at radius 3 is 2.17 bits per heavy atom. The summed E-state index contributed by atoms with van der Waals surface area (Å²) in [5.74, 6) is 0.748. The third-order valence-corrected chi connectivity index (χ3v) is 4.28. The predicted molar refractivity (Wildman–Crippen MR) is 79.0 cm³/mol. The number of hydrogen-bond acceptors (Lipinski definition) is 2. The van der Waals surface area contributed by atoms with E-state index in [-0.39, 0.29) is 11.1 Å². The first-order valence-electron chi connectivity index (χ1n) is 7.80. The quantitative estimate of drug-likeness (QED) is 0.704. The van der Waals surface area contributed by atoms with Gasteiger partial charge in [0.25, 0.3) is 0 Å². The standard InChI is InChI=1S/C16H33NO/c1-6-14(7-2)13-18-16(9-8-10-16)11-12-17-15(3,4)5/h14,17H,6-13H2,1-5H3. The third kappa shape index (κ3) is 5.27. The molecule has 0 heterocycles. The van der Waals surface area contributed by atoms with Crippen LogP contribution >= 0.6 is 0 Å². The van der Waals surface area contributed by atoms with Crippen LogP contribution in [-0.4, -0.2) is 24.3 Å². The average molecular weight is 255 g/mol. The molecule has 1 rings (SSSR count). The van der Waals surface area contributed by atoms with Crippen LogP contribution in [0.2, 0.25) is 0 Å². The molecular weight excluding hydrogens is 222 g/mol. The first-order valence-corrected chi connectivity index (χ1v) is 7.80. The molecule has 108 valence electrons. The minimum absolute atomic E-state index is 0.209. The molecule has 0 bridgehead atoms. The Kier molecular flexibility index (Phi) is 6.13. The smallest absolute Gasteiger partial charge is 0.0694 e. The maximum absolute atomic E-state index is 6.28. The summed E-state index contributed by atoms with van der Waals surface area (Å²) in [5.41, 5.74) is 0.432. The van der Waals surface area contributed by atoms with E-state index >= 15 is 0 Å². The molecule has 0 unspecified atom stereocenters. The highest BCUT2D eigenvalue weighted by Crippen LogP contribution is 2.39. The highest BCUT2D eigenvalue weighted by molar-refractivity contribution is 4.91. The van der Waals surface area contributed by atoms with E-state index in [0.29, 0.717) is 0 Å². The van der Waals surface area contributed by atoms with E-state index in [1.165, 1.54) is 38.5 Å². The number of hydrogen-bond donors (Lipinski definition) is 1. The zero-order chi connectivity index (χ0) is 13.6. The summed E-state index contributed by atoms with van der Waals surface area (Å²) in [6.07, 6.45) is 7.53. The van der Waals surface area contributed by atoms with Crippen molar-refractivity contribution in [1.82, 2.24) is 5.32 Å². The highest BCUT2D eigenvalue weighted by atomic mass is 16.5. The maximum Gasteiger partial charge on any atom is 0.0694 e. The van der Waals surface area contributed by atoms with Gasteiger partial charge in [-0.1, -0.05) is 26.7 Å². The van der Waals surface area contributed by atoms with Crippen molar-refractivity contribution in [3.05, 3.63) is 0 Å². The van der Waals surface area contributed by atoms with Crippen LogP contribution in [-0.2, 0) is 4.74 Å². The zero-order valence-corrected chi connectivity index (χ0v) is 13.1. The van der Waals surface area contributed by atoms with Gasteiger partial charge in [0, 0.05) is 5.54 Å². The predicted octanol–water partition coefficient (Wildman–Crippen LogP) is 4.14. The Bertz CT molecular complexity index is 224. The lowest BCUT2D eigenvalue weighted by molar-refractivity contribution is -0.116. The molecule has 0 radical (unpaired) electrons. The van der Waals surface area contributed by atoms with Crippen LogP contribution in [0.1, 0.15) is 73.1 Å². The Morgan fingerprint density at radius 1 is 1.17 bits per heavy atom. The SMILES string of the molecule is CCC(CC)COC1(CCNC(C)(C)C)CCC1. The van der Waals surface area contributed by atoms with Gasteiger partial charge in [-0.2, -0.15) is 0 Å². The summed E-state index contributed by atoms with van der Waals surface area (Å²) < 4.78 is 6.28. The van der Waals surface area contributed by atoms with Crippen molar-refractivity contribution in [3.63, 3.8) is 0 Å². The molecule has 0 aromatic heterocycles. The molecule has 1 fully saturated rings. The third-order valence-electron chi connectivity index (χ3n) is 4.28. The van der Waals surface area contributed by atoms with Crippen molar-refractivity contribution in [1.29, 1.82) is 0 Å². The Hall–Kier alpha value is -0.0800. The van der Waals surface area contributed by atoms with Crippen molar-refractivity contribution in [2.45, 2.75) is 84.3 Å². The Morgan fingerprint density at radius 2 is 1.78 bits per heavy atom. The second kappa shape index (κ2) is 6.91. The first-order chi connectivity index (χ1) is 8.41. The summed E-state index contributed by atoms with van der Waals surface area (Å²) in [5, 5.41) is 3.58. The minimum atomic E-state index is 0.209. The summed E-state index contributed by atoms with van der Waals surface area (Å²) in [6, 6.07) is 0. The van der Waals surface area contributed by atoms with E-state index in [0.717, 1.165) is 19.1 Å². The van der Waals surface area contributed by atoms with Crippen LogP contribution in [0.5, 0.6) is 0 Å². The van der Waals surface area contributed by atoms with Crippen LogP contribution in [0.25, 0.3) is 0 Å². The number of nitrogens with one attached hydrogen (secondary N) is 1. The molecule has 1 saturated carbocycles. The van der Waals surface area contributed by atoms with Crippen molar-refractivity contribution in [3.8, 4) is 0 Å².